The maximum atomic E-state index is 13.7. The fraction of sp³-hybridized carbons (Fsp3) is 0.321. The number of aryl methyl sites for hydroxylation is 1. The number of ether oxygens (including phenoxy) is 2. The Hall–Kier alpha value is -4.02. The maximum absolute atomic E-state index is 13.7. The number of aromatic nitrogens is 2. The number of methoxy groups -OCH3 is 1. The molecule has 0 aliphatic carbocycles. The Morgan fingerprint density at radius 1 is 1.20 bits per heavy atom. The molecule has 2 heterocycles. The second-order valence-electron chi connectivity index (χ2n) is 9.68. The van der Waals surface area contributed by atoms with Crippen LogP contribution in [-0.2, 0) is 24.1 Å². The summed E-state index contributed by atoms with van der Waals surface area (Å²) in [5.41, 5.74) is 3.33. The van der Waals surface area contributed by atoms with Gasteiger partial charge in [0.25, 0.3) is 5.91 Å². The zero-order valence-electron chi connectivity index (χ0n) is 22.6. The zero-order valence-corrected chi connectivity index (χ0v) is 23.4. The molecule has 0 spiro atoms. The van der Waals surface area contributed by atoms with Crippen LogP contribution in [-0.4, -0.2) is 66.8 Å². The normalized spacial score (nSPS) is 18.3. The number of nitrogens with zero attached hydrogens (tertiary/aromatic N) is 3. The lowest BCUT2D eigenvalue weighted by molar-refractivity contribution is -0.189. The summed E-state index contributed by atoms with van der Waals surface area (Å²) < 4.78 is 38.6. The summed E-state index contributed by atoms with van der Waals surface area (Å²) >= 11 is 0. The summed E-state index contributed by atoms with van der Waals surface area (Å²) in [4.78, 5) is 13.9. The number of nitrogens with one attached hydrogen (secondary N) is 2. The molecule has 0 saturated heterocycles. The molecule has 1 aliphatic heterocycles. The second-order valence-corrected chi connectivity index (χ2v) is 11.6. The van der Waals surface area contributed by atoms with Crippen molar-refractivity contribution in [2.45, 2.75) is 43.7 Å². The molecule has 40 heavy (non-hydrogen) atoms. The lowest BCUT2D eigenvalue weighted by atomic mass is 10.0. The molecule has 1 unspecified atom stereocenters. The van der Waals surface area contributed by atoms with Gasteiger partial charge in [0, 0.05) is 24.6 Å². The van der Waals surface area contributed by atoms with Crippen molar-refractivity contribution in [2.75, 3.05) is 20.3 Å². The van der Waals surface area contributed by atoms with Crippen LogP contribution >= 0.6 is 0 Å². The minimum Gasteiger partial charge on any atom is -0.382 e. The number of H-pyrrole nitrogens is 1. The molecule has 4 rings (SSSR count). The third kappa shape index (κ3) is 5.78. The van der Waals surface area contributed by atoms with E-state index in [4.69, 9.17) is 9.47 Å². The SMILES string of the molecule is COC[C@@H](c1cccc(C#N)c1)N1C=C(S(=O)(=O)c2ccc(-c3cn[nH]c3C)cc2)C(=O)NC1(O)COC(C)C. The molecule has 0 radical (unpaired) electrons. The average molecular weight is 566 g/mol. The third-order valence-corrected chi connectivity index (χ3v) is 8.26. The molecule has 1 amide bonds. The molecule has 12 heteroatoms. The molecule has 210 valence electrons. The van der Waals surface area contributed by atoms with Gasteiger partial charge in [-0.3, -0.25) is 9.89 Å². The fourth-order valence-corrected chi connectivity index (χ4v) is 5.72. The number of hydrogen-bond acceptors (Lipinski definition) is 9. The Morgan fingerprint density at radius 2 is 1.93 bits per heavy atom. The summed E-state index contributed by atoms with van der Waals surface area (Å²) in [6.45, 7) is 5.02. The molecule has 2 atom stereocenters. The lowest BCUT2D eigenvalue weighted by Gasteiger charge is -2.46. The van der Waals surface area contributed by atoms with Crippen LogP contribution in [0.3, 0.4) is 0 Å². The molecule has 1 aliphatic rings. The van der Waals surface area contributed by atoms with Gasteiger partial charge in [0.1, 0.15) is 6.61 Å². The lowest BCUT2D eigenvalue weighted by Crippen LogP contribution is -2.66. The van der Waals surface area contributed by atoms with Crippen LogP contribution in [0, 0.1) is 18.3 Å². The number of carbonyl (C=O) groups excluding carboxylic acids is 1. The minimum atomic E-state index is -4.33. The van der Waals surface area contributed by atoms with E-state index in [1.807, 2.05) is 6.92 Å². The quantitative estimate of drug-likeness (QED) is 0.336. The van der Waals surface area contributed by atoms with E-state index in [9.17, 15) is 23.6 Å². The highest BCUT2D eigenvalue weighted by Crippen LogP contribution is 2.34. The van der Waals surface area contributed by atoms with Gasteiger partial charge in [-0.1, -0.05) is 24.3 Å². The Kier molecular flexibility index (Phi) is 8.41. The molecule has 0 saturated carbocycles. The monoisotopic (exact) mass is 565 g/mol. The number of benzene rings is 2. The van der Waals surface area contributed by atoms with E-state index in [-0.39, 0.29) is 24.2 Å². The Labute approximate surface area is 233 Å². The summed E-state index contributed by atoms with van der Waals surface area (Å²) in [5, 5.41) is 30.4. The van der Waals surface area contributed by atoms with E-state index in [2.05, 4.69) is 21.6 Å². The van der Waals surface area contributed by atoms with Crippen molar-refractivity contribution < 1.29 is 27.8 Å². The van der Waals surface area contributed by atoms with Crippen LogP contribution in [0.4, 0.5) is 0 Å². The third-order valence-electron chi connectivity index (χ3n) is 6.49. The number of aliphatic hydroxyl groups is 1. The predicted octanol–water partition coefficient (Wildman–Crippen LogP) is 2.76. The van der Waals surface area contributed by atoms with Crippen LogP contribution in [0.5, 0.6) is 0 Å². The van der Waals surface area contributed by atoms with Crippen molar-refractivity contribution in [2.24, 2.45) is 0 Å². The van der Waals surface area contributed by atoms with Crippen LogP contribution in [0.2, 0.25) is 0 Å². The van der Waals surface area contributed by atoms with E-state index >= 15 is 0 Å². The Bertz CT molecular complexity index is 1560. The Balaban J connectivity index is 1.81. The van der Waals surface area contributed by atoms with Crippen molar-refractivity contribution in [1.29, 1.82) is 5.26 Å². The van der Waals surface area contributed by atoms with E-state index in [1.165, 1.54) is 24.1 Å². The number of amides is 1. The standard InChI is InChI=1S/C28H31N5O6S/c1-18(2)39-17-28(35)31-27(34)26(15-33(28)25(16-38-4)22-7-5-6-20(12-22)13-29)40(36,37)23-10-8-21(9-11-23)24-14-30-32-19(24)3/h5-12,14-15,18,25,35H,16-17H2,1-4H3,(H,30,32)(H,31,34)/t25-,28?/m0/s1. The highest BCUT2D eigenvalue weighted by Gasteiger charge is 2.47. The number of carbonyl (C=O) groups is 1. The molecule has 0 fully saturated rings. The molecule has 0 bridgehead atoms. The molecular weight excluding hydrogens is 534 g/mol. The number of nitriles is 1. The molecule has 11 nitrogen and oxygen atoms in total. The van der Waals surface area contributed by atoms with Gasteiger partial charge in [-0.05, 0) is 56.2 Å². The number of sulfone groups is 1. The van der Waals surface area contributed by atoms with E-state index in [0.717, 1.165) is 23.0 Å². The van der Waals surface area contributed by atoms with Crippen molar-refractivity contribution in [3.05, 3.63) is 82.7 Å². The molecule has 1 aromatic heterocycles. The highest BCUT2D eigenvalue weighted by atomic mass is 32.2. The molecule has 2 aromatic carbocycles. The largest absolute Gasteiger partial charge is 0.382 e. The summed E-state index contributed by atoms with van der Waals surface area (Å²) in [5.74, 6) is -3.10. The van der Waals surface area contributed by atoms with Crippen LogP contribution < -0.4 is 5.32 Å². The first-order valence-corrected chi connectivity index (χ1v) is 14.0. The predicted molar refractivity (Wildman–Crippen MR) is 146 cm³/mol. The van der Waals surface area contributed by atoms with Gasteiger partial charge in [-0.25, -0.2) is 8.42 Å². The molecule has 3 N–H and O–H groups in total. The average Bonchev–Trinajstić information content (AvgIpc) is 3.36. The maximum Gasteiger partial charge on any atom is 0.268 e. The van der Waals surface area contributed by atoms with Crippen molar-refractivity contribution in [3.63, 3.8) is 0 Å². The molecular formula is C28H31N5O6S. The fourth-order valence-electron chi connectivity index (χ4n) is 4.43. The van der Waals surface area contributed by atoms with Gasteiger partial charge < -0.3 is 24.8 Å². The van der Waals surface area contributed by atoms with Crippen LogP contribution in [0.15, 0.2) is 70.7 Å². The van der Waals surface area contributed by atoms with Gasteiger partial charge >= 0.3 is 0 Å². The van der Waals surface area contributed by atoms with Crippen molar-refractivity contribution in [1.82, 2.24) is 20.4 Å². The number of hydrogen-bond donors (Lipinski definition) is 3. The Morgan fingerprint density at radius 3 is 2.52 bits per heavy atom. The van der Waals surface area contributed by atoms with Crippen molar-refractivity contribution in [3.8, 4) is 17.2 Å². The van der Waals surface area contributed by atoms with Gasteiger partial charge in [-0.15, -0.1) is 0 Å². The second kappa shape index (κ2) is 11.6. The summed E-state index contributed by atoms with van der Waals surface area (Å²) in [7, 11) is -2.87. The van der Waals surface area contributed by atoms with E-state index in [1.54, 1.807) is 56.4 Å². The first-order chi connectivity index (χ1) is 19.0. The summed E-state index contributed by atoms with van der Waals surface area (Å²) in [6, 6.07) is 14.0. The minimum absolute atomic E-state index is 0.00266. The zero-order chi connectivity index (χ0) is 29.1. The topological polar surface area (TPSA) is 158 Å². The van der Waals surface area contributed by atoms with E-state index in [0.29, 0.717) is 11.1 Å². The van der Waals surface area contributed by atoms with Crippen LogP contribution in [0.25, 0.3) is 11.1 Å². The number of rotatable bonds is 10. The molecule has 3 aromatic rings. The highest BCUT2D eigenvalue weighted by molar-refractivity contribution is 7.96. The van der Waals surface area contributed by atoms with Crippen LogP contribution in [0.1, 0.15) is 36.7 Å². The smallest absolute Gasteiger partial charge is 0.268 e. The van der Waals surface area contributed by atoms with Gasteiger partial charge in [-0.2, -0.15) is 10.4 Å². The van der Waals surface area contributed by atoms with Gasteiger partial charge in [0.05, 0.1) is 41.5 Å². The number of aromatic amines is 1. The van der Waals surface area contributed by atoms with Crippen molar-refractivity contribution >= 4 is 15.7 Å². The van der Waals surface area contributed by atoms with E-state index < -0.39 is 32.5 Å². The summed E-state index contributed by atoms with van der Waals surface area (Å²) in [6.07, 6.45) is 2.47. The van der Waals surface area contributed by atoms with Gasteiger partial charge in [0.2, 0.25) is 15.7 Å². The first-order valence-electron chi connectivity index (χ1n) is 12.5. The van der Waals surface area contributed by atoms with Gasteiger partial charge in [0.15, 0.2) is 4.91 Å². The first kappa shape index (κ1) is 29.0.